The number of thioether (sulfide) groups is 1. The molecule has 0 saturated heterocycles. The number of furan rings is 1. The third-order valence-electron chi connectivity index (χ3n) is 5.13. The fourth-order valence-electron chi connectivity index (χ4n) is 3.59. The highest BCUT2D eigenvalue weighted by molar-refractivity contribution is 7.99. The van der Waals surface area contributed by atoms with Crippen molar-refractivity contribution in [3.05, 3.63) is 58.6 Å². The van der Waals surface area contributed by atoms with Gasteiger partial charge in [0, 0.05) is 11.4 Å². The number of nitrogens with one attached hydrogen (secondary N) is 2. The van der Waals surface area contributed by atoms with Gasteiger partial charge in [0.2, 0.25) is 5.91 Å². The molecule has 1 aliphatic rings. The number of rotatable bonds is 9. The summed E-state index contributed by atoms with van der Waals surface area (Å²) in [7, 11) is 0. The van der Waals surface area contributed by atoms with Gasteiger partial charge in [0.15, 0.2) is 16.7 Å². The SMILES string of the molecule is C=CCn1c(CNC(=O)c2ccco2)nnc1SCC(=O)Nc1sc2c(c1C#N)CCCC2. The molecule has 33 heavy (non-hydrogen) atoms. The van der Waals surface area contributed by atoms with E-state index in [-0.39, 0.29) is 29.9 Å². The summed E-state index contributed by atoms with van der Waals surface area (Å²) in [4.78, 5) is 25.9. The minimum Gasteiger partial charge on any atom is -0.459 e. The number of aromatic nitrogens is 3. The third kappa shape index (κ3) is 5.18. The summed E-state index contributed by atoms with van der Waals surface area (Å²) in [5.41, 5.74) is 1.68. The van der Waals surface area contributed by atoms with E-state index in [1.807, 2.05) is 0 Å². The average Bonchev–Trinajstić information content (AvgIpc) is 3.55. The highest BCUT2D eigenvalue weighted by Crippen LogP contribution is 2.37. The Morgan fingerprint density at radius 1 is 1.36 bits per heavy atom. The van der Waals surface area contributed by atoms with Crippen LogP contribution in [-0.2, 0) is 30.7 Å². The number of hydrogen-bond donors (Lipinski definition) is 2. The van der Waals surface area contributed by atoms with Crippen molar-refractivity contribution in [1.82, 2.24) is 20.1 Å². The highest BCUT2D eigenvalue weighted by atomic mass is 32.2. The Kier molecular flexibility index (Phi) is 7.26. The maximum atomic E-state index is 12.6. The highest BCUT2D eigenvalue weighted by Gasteiger charge is 2.22. The van der Waals surface area contributed by atoms with Crippen LogP contribution in [-0.4, -0.2) is 32.3 Å². The zero-order chi connectivity index (χ0) is 23.2. The molecule has 0 saturated carbocycles. The van der Waals surface area contributed by atoms with Gasteiger partial charge in [-0.15, -0.1) is 28.1 Å². The molecule has 1 aliphatic carbocycles. The van der Waals surface area contributed by atoms with Crippen molar-refractivity contribution in [1.29, 1.82) is 5.26 Å². The fourth-order valence-corrected chi connectivity index (χ4v) is 5.61. The van der Waals surface area contributed by atoms with Crippen molar-refractivity contribution in [2.45, 2.75) is 43.9 Å². The van der Waals surface area contributed by atoms with Gasteiger partial charge in [0.05, 0.1) is 24.1 Å². The molecule has 0 aliphatic heterocycles. The lowest BCUT2D eigenvalue weighted by atomic mass is 9.96. The largest absolute Gasteiger partial charge is 0.459 e. The number of carbonyl (C=O) groups excluding carboxylic acids is 2. The molecule has 3 heterocycles. The maximum absolute atomic E-state index is 12.6. The van der Waals surface area contributed by atoms with Crippen LogP contribution in [0.3, 0.4) is 0 Å². The number of carbonyl (C=O) groups is 2. The Bertz CT molecular complexity index is 1210. The van der Waals surface area contributed by atoms with Crippen molar-refractivity contribution in [3.63, 3.8) is 0 Å². The van der Waals surface area contributed by atoms with Crippen LogP contribution in [0.25, 0.3) is 0 Å². The van der Waals surface area contributed by atoms with Gasteiger partial charge in [-0.3, -0.25) is 9.59 Å². The summed E-state index contributed by atoms with van der Waals surface area (Å²) < 4.78 is 6.87. The molecule has 3 aromatic heterocycles. The zero-order valence-corrected chi connectivity index (χ0v) is 19.4. The van der Waals surface area contributed by atoms with Crippen molar-refractivity contribution in [2.24, 2.45) is 0 Å². The predicted octanol–water partition coefficient (Wildman–Crippen LogP) is 3.53. The lowest BCUT2D eigenvalue weighted by Gasteiger charge is -2.09. The van der Waals surface area contributed by atoms with Gasteiger partial charge in [-0.25, -0.2) is 0 Å². The van der Waals surface area contributed by atoms with Gasteiger partial charge in [-0.1, -0.05) is 17.8 Å². The van der Waals surface area contributed by atoms with E-state index < -0.39 is 0 Å². The average molecular weight is 483 g/mol. The first-order chi connectivity index (χ1) is 16.1. The van der Waals surface area contributed by atoms with E-state index in [2.05, 4.69) is 33.5 Å². The minimum absolute atomic E-state index is 0.113. The molecular weight excluding hydrogens is 460 g/mol. The van der Waals surface area contributed by atoms with E-state index in [0.29, 0.717) is 28.1 Å². The molecule has 11 heteroatoms. The van der Waals surface area contributed by atoms with Gasteiger partial charge >= 0.3 is 0 Å². The Balaban J connectivity index is 1.38. The lowest BCUT2D eigenvalue weighted by Crippen LogP contribution is -2.24. The van der Waals surface area contributed by atoms with Gasteiger partial charge in [-0.05, 0) is 43.4 Å². The molecule has 3 aromatic rings. The maximum Gasteiger partial charge on any atom is 0.287 e. The van der Waals surface area contributed by atoms with Crippen molar-refractivity contribution in [3.8, 4) is 6.07 Å². The molecule has 0 spiro atoms. The second kappa shape index (κ2) is 10.5. The summed E-state index contributed by atoms with van der Waals surface area (Å²) >= 11 is 2.74. The van der Waals surface area contributed by atoms with E-state index in [1.54, 1.807) is 22.8 Å². The number of thiophene rings is 1. The van der Waals surface area contributed by atoms with E-state index in [4.69, 9.17) is 4.42 Å². The van der Waals surface area contributed by atoms with E-state index in [0.717, 1.165) is 31.2 Å². The number of fused-ring (bicyclic) bond motifs is 1. The van der Waals surface area contributed by atoms with Gasteiger partial charge in [-0.2, -0.15) is 5.26 Å². The van der Waals surface area contributed by atoms with Crippen LogP contribution in [0.5, 0.6) is 0 Å². The third-order valence-corrected chi connectivity index (χ3v) is 7.30. The van der Waals surface area contributed by atoms with Gasteiger partial charge < -0.3 is 19.6 Å². The summed E-state index contributed by atoms with van der Waals surface area (Å²) in [5, 5.41) is 24.7. The Morgan fingerprint density at radius 3 is 2.97 bits per heavy atom. The van der Waals surface area contributed by atoms with Crippen LogP contribution in [0, 0.1) is 11.3 Å². The quantitative estimate of drug-likeness (QED) is 0.353. The molecule has 0 unspecified atom stereocenters. The fraction of sp³-hybridized carbons (Fsp3) is 0.318. The normalized spacial score (nSPS) is 12.6. The molecule has 0 aromatic carbocycles. The topological polar surface area (TPSA) is 126 Å². The van der Waals surface area contributed by atoms with Crippen LogP contribution < -0.4 is 10.6 Å². The molecule has 0 fully saturated rings. The lowest BCUT2D eigenvalue weighted by molar-refractivity contribution is -0.113. The van der Waals surface area contributed by atoms with Crippen LogP contribution >= 0.6 is 23.1 Å². The monoisotopic (exact) mass is 482 g/mol. The van der Waals surface area contributed by atoms with Crippen molar-refractivity contribution in [2.75, 3.05) is 11.1 Å². The number of nitrogens with zero attached hydrogens (tertiary/aromatic N) is 4. The number of hydrogen-bond acceptors (Lipinski definition) is 8. The van der Waals surface area contributed by atoms with E-state index >= 15 is 0 Å². The molecule has 170 valence electrons. The summed E-state index contributed by atoms with van der Waals surface area (Å²) in [5.74, 6) is 0.296. The molecule has 0 bridgehead atoms. The molecule has 0 atom stereocenters. The number of amides is 2. The van der Waals surface area contributed by atoms with Crippen LogP contribution in [0.2, 0.25) is 0 Å². The van der Waals surface area contributed by atoms with E-state index in [9.17, 15) is 14.9 Å². The predicted molar refractivity (Wildman–Crippen MR) is 125 cm³/mol. The van der Waals surface area contributed by atoms with E-state index in [1.165, 1.54) is 34.2 Å². The smallest absolute Gasteiger partial charge is 0.287 e. The standard InChI is InChI=1S/C22H22N6O3S2/c1-2-9-28-18(12-24-20(30)16-7-5-10-31-16)26-27-22(28)32-13-19(29)25-21-15(11-23)14-6-3-4-8-17(14)33-21/h2,5,7,10H,1,3-4,6,8-9,12-13H2,(H,24,30)(H,25,29). The summed E-state index contributed by atoms with van der Waals surface area (Å²) in [6.07, 6.45) is 7.17. The zero-order valence-electron chi connectivity index (χ0n) is 17.8. The first-order valence-electron chi connectivity index (χ1n) is 10.4. The van der Waals surface area contributed by atoms with Crippen molar-refractivity contribution < 1.29 is 14.0 Å². The molecule has 9 nitrogen and oxygen atoms in total. The minimum atomic E-state index is -0.353. The van der Waals surface area contributed by atoms with Crippen molar-refractivity contribution >= 4 is 39.9 Å². The molecule has 2 N–H and O–H groups in total. The molecular formula is C22H22N6O3S2. The number of aryl methyl sites for hydroxylation is 1. The number of anilines is 1. The van der Waals surface area contributed by atoms with Gasteiger partial charge in [0.25, 0.3) is 5.91 Å². The Hall–Kier alpha value is -3.36. The molecule has 0 radical (unpaired) electrons. The second-order valence-corrected chi connectivity index (χ2v) is 9.37. The summed E-state index contributed by atoms with van der Waals surface area (Å²) in [6, 6.07) is 5.47. The number of allylic oxidation sites excluding steroid dienone is 1. The Labute approximate surface area is 198 Å². The van der Waals surface area contributed by atoms with Crippen LogP contribution in [0.1, 0.15) is 45.2 Å². The first kappa shape index (κ1) is 22.8. The number of nitriles is 1. The first-order valence-corrected chi connectivity index (χ1v) is 12.2. The van der Waals surface area contributed by atoms with Crippen LogP contribution in [0.15, 0.2) is 40.6 Å². The second-order valence-electron chi connectivity index (χ2n) is 7.32. The summed E-state index contributed by atoms with van der Waals surface area (Å²) in [6.45, 7) is 4.34. The Morgan fingerprint density at radius 2 is 2.21 bits per heavy atom. The molecule has 4 rings (SSSR count). The van der Waals surface area contributed by atoms with Crippen LogP contribution in [0.4, 0.5) is 5.00 Å². The van der Waals surface area contributed by atoms with Gasteiger partial charge in [0.1, 0.15) is 11.1 Å². The molecule has 2 amide bonds.